The van der Waals surface area contributed by atoms with Crippen molar-refractivity contribution < 1.29 is 9.21 Å². The topological polar surface area (TPSA) is 62.5 Å². The van der Waals surface area contributed by atoms with E-state index >= 15 is 0 Å². The van der Waals surface area contributed by atoms with E-state index in [0.29, 0.717) is 18.8 Å². The van der Waals surface area contributed by atoms with Gasteiger partial charge in [0, 0.05) is 36.0 Å². The maximum absolute atomic E-state index is 12.8. The molecule has 4 aromatic rings. The molecule has 1 aromatic carbocycles. The molecule has 1 fully saturated rings. The Morgan fingerprint density at radius 3 is 2.81 bits per heavy atom. The Hall–Kier alpha value is -2.45. The van der Waals surface area contributed by atoms with E-state index in [0.717, 1.165) is 44.6 Å². The lowest BCUT2D eigenvalue weighted by Crippen LogP contribution is -2.49. The fraction of sp³-hybridized carbons (Fsp3) is 0.211. The van der Waals surface area contributed by atoms with Crippen molar-refractivity contribution in [2.45, 2.75) is 0 Å². The first-order valence-electron chi connectivity index (χ1n) is 8.60. The molecule has 1 amide bonds. The number of amides is 1. The Morgan fingerprint density at radius 1 is 1.11 bits per heavy atom. The van der Waals surface area contributed by atoms with Gasteiger partial charge in [0.05, 0.1) is 5.39 Å². The van der Waals surface area contributed by atoms with Crippen LogP contribution in [0.25, 0.3) is 21.2 Å². The number of anilines is 1. The van der Waals surface area contributed by atoms with E-state index in [1.54, 1.807) is 17.7 Å². The first kappa shape index (κ1) is 16.7. The molecule has 136 valence electrons. The summed E-state index contributed by atoms with van der Waals surface area (Å²) in [6.07, 6.45) is 1.61. The van der Waals surface area contributed by atoms with Crippen molar-refractivity contribution in [2.75, 3.05) is 31.1 Å². The average molecular weight is 443 g/mol. The fourth-order valence-electron chi connectivity index (χ4n) is 3.43. The number of hydrogen-bond donors (Lipinski definition) is 0. The monoisotopic (exact) mass is 442 g/mol. The third kappa shape index (κ3) is 2.98. The van der Waals surface area contributed by atoms with Crippen LogP contribution in [0.5, 0.6) is 0 Å². The highest BCUT2D eigenvalue weighted by Gasteiger charge is 2.26. The van der Waals surface area contributed by atoms with Gasteiger partial charge in [-0.1, -0.05) is 15.9 Å². The van der Waals surface area contributed by atoms with E-state index in [2.05, 4.69) is 36.9 Å². The summed E-state index contributed by atoms with van der Waals surface area (Å²) in [5, 5.41) is 4.03. The van der Waals surface area contributed by atoms with Crippen molar-refractivity contribution in [2.24, 2.45) is 0 Å². The second-order valence-corrected chi connectivity index (χ2v) is 8.22. The number of benzene rings is 1. The number of halogens is 1. The summed E-state index contributed by atoms with van der Waals surface area (Å²) in [7, 11) is 0. The van der Waals surface area contributed by atoms with Gasteiger partial charge >= 0.3 is 0 Å². The molecule has 6 nitrogen and oxygen atoms in total. The van der Waals surface area contributed by atoms with Gasteiger partial charge in [-0.15, -0.1) is 11.3 Å². The first-order chi connectivity index (χ1) is 13.2. The van der Waals surface area contributed by atoms with Gasteiger partial charge in [0.15, 0.2) is 5.76 Å². The van der Waals surface area contributed by atoms with Crippen LogP contribution in [0.15, 0.2) is 50.9 Å². The predicted molar refractivity (Wildman–Crippen MR) is 109 cm³/mol. The summed E-state index contributed by atoms with van der Waals surface area (Å²) in [4.78, 5) is 26.7. The van der Waals surface area contributed by atoms with Crippen molar-refractivity contribution >= 4 is 60.2 Å². The summed E-state index contributed by atoms with van der Waals surface area (Å²) in [5.74, 6) is 1.27. The standard InChI is InChI=1S/C19H15BrN4O2S/c20-13-1-2-15-12(9-13)10-16(26-15)19(25)24-6-4-23(5-7-24)17-14-3-8-27-18(14)22-11-21-17/h1-3,8-11H,4-7H2. The lowest BCUT2D eigenvalue weighted by atomic mass is 10.2. The number of piperazine rings is 1. The van der Waals surface area contributed by atoms with Gasteiger partial charge in [-0.3, -0.25) is 4.79 Å². The van der Waals surface area contributed by atoms with Crippen LogP contribution >= 0.6 is 27.3 Å². The van der Waals surface area contributed by atoms with Gasteiger partial charge in [-0.2, -0.15) is 0 Å². The molecule has 0 N–H and O–H groups in total. The molecule has 0 unspecified atom stereocenters. The largest absolute Gasteiger partial charge is 0.451 e. The number of aromatic nitrogens is 2. The summed E-state index contributed by atoms with van der Waals surface area (Å²) in [6, 6.07) is 9.60. The molecule has 0 spiro atoms. The van der Waals surface area contributed by atoms with Crippen LogP contribution in [0.3, 0.4) is 0 Å². The average Bonchev–Trinajstić information content (AvgIpc) is 3.33. The van der Waals surface area contributed by atoms with Gasteiger partial charge in [0.1, 0.15) is 22.6 Å². The normalized spacial score (nSPS) is 15.0. The second-order valence-electron chi connectivity index (χ2n) is 6.41. The lowest BCUT2D eigenvalue weighted by Gasteiger charge is -2.35. The highest BCUT2D eigenvalue weighted by atomic mass is 79.9. The molecule has 0 saturated carbocycles. The SMILES string of the molecule is O=C(c1cc2cc(Br)ccc2o1)N1CCN(c2ncnc3sccc23)CC1. The van der Waals surface area contributed by atoms with Gasteiger partial charge in [0.2, 0.25) is 0 Å². The Morgan fingerprint density at radius 2 is 1.96 bits per heavy atom. The first-order valence-corrected chi connectivity index (χ1v) is 10.3. The van der Waals surface area contributed by atoms with E-state index < -0.39 is 0 Å². The Kier molecular flexibility index (Phi) is 4.09. The van der Waals surface area contributed by atoms with Crippen molar-refractivity contribution in [1.29, 1.82) is 0 Å². The summed E-state index contributed by atoms with van der Waals surface area (Å²) in [6.45, 7) is 2.74. The van der Waals surface area contributed by atoms with Crippen LogP contribution in [0, 0.1) is 0 Å². The van der Waals surface area contributed by atoms with Gasteiger partial charge < -0.3 is 14.2 Å². The quantitative estimate of drug-likeness (QED) is 0.466. The zero-order valence-electron chi connectivity index (χ0n) is 14.3. The number of fused-ring (bicyclic) bond motifs is 2. The van der Waals surface area contributed by atoms with E-state index in [4.69, 9.17) is 4.42 Å². The molecule has 8 heteroatoms. The molecule has 0 radical (unpaired) electrons. The number of thiophene rings is 1. The van der Waals surface area contributed by atoms with Crippen molar-refractivity contribution in [1.82, 2.24) is 14.9 Å². The zero-order valence-corrected chi connectivity index (χ0v) is 16.7. The molecule has 5 rings (SSSR count). The van der Waals surface area contributed by atoms with Crippen LogP contribution in [0.1, 0.15) is 10.6 Å². The van der Waals surface area contributed by atoms with E-state index in [9.17, 15) is 4.79 Å². The number of nitrogens with zero attached hydrogens (tertiary/aromatic N) is 4. The van der Waals surface area contributed by atoms with Crippen LogP contribution in [-0.2, 0) is 0 Å². The van der Waals surface area contributed by atoms with Crippen LogP contribution in [0.2, 0.25) is 0 Å². The lowest BCUT2D eigenvalue weighted by molar-refractivity contribution is 0.0717. The summed E-state index contributed by atoms with van der Waals surface area (Å²) >= 11 is 5.06. The van der Waals surface area contributed by atoms with E-state index in [1.807, 2.05) is 34.5 Å². The molecule has 0 aliphatic carbocycles. The molecular formula is C19H15BrN4O2S. The molecule has 1 aliphatic heterocycles. The molecule has 4 heterocycles. The Labute approximate surface area is 167 Å². The van der Waals surface area contributed by atoms with Crippen LogP contribution in [0.4, 0.5) is 5.82 Å². The third-order valence-electron chi connectivity index (χ3n) is 4.80. The summed E-state index contributed by atoms with van der Waals surface area (Å²) in [5.41, 5.74) is 0.723. The minimum absolute atomic E-state index is 0.0645. The molecule has 27 heavy (non-hydrogen) atoms. The third-order valence-corrected chi connectivity index (χ3v) is 6.11. The Balaban J connectivity index is 1.33. The number of carbonyl (C=O) groups excluding carboxylic acids is 1. The van der Waals surface area contributed by atoms with Crippen molar-refractivity contribution in [3.05, 3.63) is 52.3 Å². The molecule has 1 saturated heterocycles. The number of furan rings is 1. The molecule has 0 atom stereocenters. The molecule has 3 aromatic heterocycles. The minimum Gasteiger partial charge on any atom is -0.451 e. The summed E-state index contributed by atoms with van der Waals surface area (Å²) < 4.78 is 6.72. The van der Waals surface area contributed by atoms with Gasteiger partial charge in [-0.25, -0.2) is 9.97 Å². The van der Waals surface area contributed by atoms with Crippen LogP contribution in [-0.4, -0.2) is 47.0 Å². The highest BCUT2D eigenvalue weighted by molar-refractivity contribution is 9.10. The van der Waals surface area contributed by atoms with Crippen molar-refractivity contribution in [3.63, 3.8) is 0 Å². The number of rotatable bonds is 2. The van der Waals surface area contributed by atoms with Crippen LogP contribution < -0.4 is 4.90 Å². The van der Waals surface area contributed by atoms with Gasteiger partial charge in [0.25, 0.3) is 5.91 Å². The highest BCUT2D eigenvalue weighted by Crippen LogP contribution is 2.28. The predicted octanol–water partition coefficient (Wildman–Crippen LogP) is 4.16. The van der Waals surface area contributed by atoms with Crippen molar-refractivity contribution in [3.8, 4) is 0 Å². The Bertz CT molecular complexity index is 1150. The smallest absolute Gasteiger partial charge is 0.289 e. The molecular weight excluding hydrogens is 428 g/mol. The second kappa shape index (κ2) is 6.61. The van der Waals surface area contributed by atoms with Gasteiger partial charge in [-0.05, 0) is 35.7 Å². The van der Waals surface area contributed by atoms with E-state index in [-0.39, 0.29) is 5.91 Å². The maximum Gasteiger partial charge on any atom is 0.289 e. The number of hydrogen-bond acceptors (Lipinski definition) is 6. The molecule has 0 bridgehead atoms. The fourth-order valence-corrected chi connectivity index (χ4v) is 4.53. The zero-order chi connectivity index (χ0) is 18.4. The minimum atomic E-state index is -0.0645. The molecule has 1 aliphatic rings. The number of carbonyl (C=O) groups is 1. The van der Waals surface area contributed by atoms with E-state index in [1.165, 1.54) is 0 Å². The maximum atomic E-state index is 12.8.